The Morgan fingerprint density at radius 3 is 2.43 bits per heavy atom. The quantitative estimate of drug-likeness (QED) is 0.808. The molecule has 1 aromatic carbocycles. The molecule has 0 bridgehead atoms. The summed E-state index contributed by atoms with van der Waals surface area (Å²) in [4.78, 5) is 6.98. The van der Waals surface area contributed by atoms with Gasteiger partial charge in [0.25, 0.3) is 0 Å². The van der Waals surface area contributed by atoms with Crippen molar-refractivity contribution in [2.75, 3.05) is 5.32 Å². The first kappa shape index (κ1) is 15.6. The molecule has 2 rings (SSSR count). The van der Waals surface area contributed by atoms with E-state index in [0.717, 1.165) is 11.6 Å². The molecule has 0 aliphatic carbocycles. The van der Waals surface area contributed by atoms with Crippen molar-refractivity contribution in [2.45, 2.75) is 25.9 Å². The molecule has 1 aromatic heterocycles. The summed E-state index contributed by atoms with van der Waals surface area (Å²) in [7, 11) is 0. The van der Waals surface area contributed by atoms with E-state index in [0.29, 0.717) is 5.69 Å². The monoisotopic (exact) mass is 315 g/mol. The number of para-hydroxylation sites is 1. The van der Waals surface area contributed by atoms with Crippen LogP contribution >= 0.6 is 11.6 Å². The molecule has 0 amide bonds. The van der Waals surface area contributed by atoms with Gasteiger partial charge in [0.1, 0.15) is 5.82 Å². The zero-order valence-electron chi connectivity index (χ0n) is 11.4. The molecule has 0 saturated carbocycles. The maximum Gasteiger partial charge on any atom is 0.433 e. The number of benzene rings is 1. The van der Waals surface area contributed by atoms with Crippen LogP contribution in [0.15, 0.2) is 30.3 Å². The molecule has 0 unspecified atom stereocenters. The van der Waals surface area contributed by atoms with Crippen molar-refractivity contribution in [1.82, 2.24) is 9.97 Å². The van der Waals surface area contributed by atoms with Gasteiger partial charge >= 0.3 is 6.18 Å². The van der Waals surface area contributed by atoms with Gasteiger partial charge in [-0.3, -0.25) is 0 Å². The minimum absolute atomic E-state index is 0.00965. The minimum atomic E-state index is -4.57. The molecule has 2 aromatic rings. The van der Waals surface area contributed by atoms with Crippen LogP contribution in [0.4, 0.5) is 24.7 Å². The molecule has 0 spiro atoms. The fourth-order valence-corrected chi connectivity index (χ4v) is 2.06. The molecule has 0 aliphatic rings. The number of aromatic nitrogens is 2. The van der Waals surface area contributed by atoms with E-state index in [1.807, 2.05) is 26.0 Å². The summed E-state index contributed by atoms with van der Waals surface area (Å²) in [5, 5.41) is 2.42. The van der Waals surface area contributed by atoms with E-state index < -0.39 is 17.2 Å². The van der Waals surface area contributed by atoms with Crippen LogP contribution in [0, 0.1) is 0 Å². The van der Waals surface area contributed by atoms with Crippen molar-refractivity contribution in [3.63, 3.8) is 0 Å². The summed E-state index contributed by atoms with van der Waals surface area (Å²) in [6.45, 7) is 3.99. The summed E-state index contributed by atoms with van der Waals surface area (Å²) in [6.07, 6.45) is -4.57. The topological polar surface area (TPSA) is 37.8 Å². The van der Waals surface area contributed by atoms with E-state index in [9.17, 15) is 13.2 Å². The molecule has 1 N–H and O–H groups in total. The van der Waals surface area contributed by atoms with Gasteiger partial charge in [0.15, 0.2) is 5.69 Å². The summed E-state index contributed by atoms with van der Waals surface area (Å²) >= 11 is 5.56. The Labute approximate surface area is 125 Å². The normalized spacial score (nSPS) is 11.8. The lowest BCUT2D eigenvalue weighted by atomic mass is 10.0. The van der Waals surface area contributed by atoms with Gasteiger partial charge in [0.05, 0.1) is 0 Å². The van der Waals surface area contributed by atoms with Gasteiger partial charge in [-0.25, -0.2) is 9.97 Å². The van der Waals surface area contributed by atoms with Gasteiger partial charge in [0, 0.05) is 11.8 Å². The molecule has 0 aliphatic heterocycles. The van der Waals surface area contributed by atoms with Crippen LogP contribution in [-0.2, 0) is 6.18 Å². The van der Waals surface area contributed by atoms with Crippen LogP contribution in [0.1, 0.15) is 31.0 Å². The van der Waals surface area contributed by atoms with E-state index in [1.165, 1.54) is 0 Å². The highest BCUT2D eigenvalue weighted by molar-refractivity contribution is 6.28. The Bertz CT molecular complexity index is 642. The van der Waals surface area contributed by atoms with Crippen molar-refractivity contribution >= 4 is 23.1 Å². The number of rotatable bonds is 3. The second-order valence-electron chi connectivity index (χ2n) is 4.77. The number of alkyl halides is 3. The van der Waals surface area contributed by atoms with Gasteiger partial charge in [-0.1, -0.05) is 32.0 Å². The lowest BCUT2D eigenvalue weighted by Crippen LogP contribution is -2.10. The highest BCUT2D eigenvalue weighted by Gasteiger charge is 2.33. The number of halogens is 4. The second-order valence-corrected chi connectivity index (χ2v) is 5.11. The number of nitrogens with zero attached hydrogens (tertiary/aromatic N) is 2. The first-order valence-electron chi connectivity index (χ1n) is 6.25. The summed E-state index contributed by atoms with van der Waals surface area (Å²) in [6, 6.07) is 8.18. The molecule has 21 heavy (non-hydrogen) atoms. The predicted molar refractivity (Wildman–Crippen MR) is 75.9 cm³/mol. The summed E-state index contributed by atoms with van der Waals surface area (Å²) in [5.74, 6) is 0.225. The highest BCUT2D eigenvalue weighted by Crippen LogP contribution is 2.31. The zero-order chi connectivity index (χ0) is 15.6. The van der Waals surface area contributed by atoms with Crippen molar-refractivity contribution in [3.8, 4) is 0 Å². The lowest BCUT2D eigenvalue weighted by Gasteiger charge is -2.15. The van der Waals surface area contributed by atoms with Crippen molar-refractivity contribution < 1.29 is 13.2 Å². The van der Waals surface area contributed by atoms with Crippen LogP contribution in [0.2, 0.25) is 5.28 Å². The predicted octanol–water partition coefficient (Wildman–Crippen LogP) is 5.02. The van der Waals surface area contributed by atoms with Crippen LogP contribution in [-0.4, -0.2) is 9.97 Å². The van der Waals surface area contributed by atoms with Crippen molar-refractivity contribution in [3.05, 3.63) is 46.9 Å². The van der Waals surface area contributed by atoms with Crippen molar-refractivity contribution in [2.24, 2.45) is 0 Å². The largest absolute Gasteiger partial charge is 0.433 e. The molecule has 1 heterocycles. The first-order chi connectivity index (χ1) is 9.77. The van der Waals surface area contributed by atoms with Crippen LogP contribution in [0.25, 0.3) is 0 Å². The van der Waals surface area contributed by atoms with Crippen molar-refractivity contribution in [1.29, 1.82) is 0 Å². The highest BCUT2D eigenvalue weighted by atomic mass is 35.5. The number of nitrogens with one attached hydrogen (secondary N) is 1. The number of anilines is 2. The van der Waals surface area contributed by atoms with Crippen LogP contribution < -0.4 is 5.32 Å². The molecule has 0 saturated heterocycles. The van der Waals surface area contributed by atoms with E-state index in [4.69, 9.17) is 11.6 Å². The second kappa shape index (κ2) is 5.89. The van der Waals surface area contributed by atoms with E-state index in [2.05, 4.69) is 15.3 Å². The molecule has 3 nitrogen and oxygen atoms in total. The Kier molecular flexibility index (Phi) is 4.37. The Hall–Kier alpha value is -1.82. The summed E-state index contributed by atoms with van der Waals surface area (Å²) in [5.41, 5.74) is 0.586. The molecule has 0 fully saturated rings. The number of hydrogen-bond acceptors (Lipinski definition) is 3. The van der Waals surface area contributed by atoms with Gasteiger partial charge in [-0.05, 0) is 29.1 Å². The zero-order valence-corrected chi connectivity index (χ0v) is 12.1. The maximum absolute atomic E-state index is 12.7. The maximum atomic E-state index is 12.7. The third-order valence-corrected chi connectivity index (χ3v) is 3.00. The fourth-order valence-electron chi connectivity index (χ4n) is 1.88. The fraction of sp³-hybridized carbons (Fsp3) is 0.286. The van der Waals surface area contributed by atoms with Gasteiger partial charge in [-0.15, -0.1) is 0 Å². The summed E-state index contributed by atoms with van der Waals surface area (Å²) < 4.78 is 38.2. The first-order valence-corrected chi connectivity index (χ1v) is 6.63. The van der Waals surface area contributed by atoms with E-state index in [-0.39, 0.29) is 11.7 Å². The smallest absolute Gasteiger partial charge is 0.340 e. The average Bonchev–Trinajstić information content (AvgIpc) is 2.37. The lowest BCUT2D eigenvalue weighted by molar-refractivity contribution is -0.141. The minimum Gasteiger partial charge on any atom is -0.340 e. The number of hydrogen-bond donors (Lipinski definition) is 1. The standard InChI is InChI=1S/C14H13ClF3N3/c1-8(2)9-5-3-4-6-10(9)19-12-7-11(14(16,17)18)20-13(15)21-12/h3-8H,1-2H3,(H,19,20,21). The Balaban J connectivity index is 2.39. The Morgan fingerprint density at radius 1 is 1.14 bits per heavy atom. The molecular weight excluding hydrogens is 303 g/mol. The van der Waals surface area contributed by atoms with Crippen LogP contribution in [0.3, 0.4) is 0 Å². The molecular formula is C14H13ClF3N3. The average molecular weight is 316 g/mol. The van der Waals surface area contributed by atoms with Gasteiger partial charge < -0.3 is 5.32 Å². The molecule has 0 radical (unpaired) electrons. The third kappa shape index (κ3) is 3.85. The molecule has 7 heteroatoms. The van der Waals surface area contributed by atoms with Crippen LogP contribution in [0.5, 0.6) is 0 Å². The van der Waals surface area contributed by atoms with E-state index >= 15 is 0 Å². The van der Waals surface area contributed by atoms with E-state index in [1.54, 1.807) is 12.1 Å². The van der Waals surface area contributed by atoms with Gasteiger partial charge in [-0.2, -0.15) is 13.2 Å². The van der Waals surface area contributed by atoms with Gasteiger partial charge in [0.2, 0.25) is 5.28 Å². The molecule has 112 valence electrons. The SMILES string of the molecule is CC(C)c1ccccc1Nc1cc(C(F)(F)F)nc(Cl)n1. The Morgan fingerprint density at radius 2 is 1.81 bits per heavy atom. The molecule has 0 atom stereocenters. The third-order valence-electron chi connectivity index (χ3n) is 2.83.